The van der Waals surface area contributed by atoms with Crippen LogP contribution in [0.4, 0.5) is 0 Å². The summed E-state index contributed by atoms with van der Waals surface area (Å²) >= 11 is 0. The van der Waals surface area contributed by atoms with Crippen LogP contribution in [0.2, 0.25) is 0 Å². The van der Waals surface area contributed by atoms with Gasteiger partial charge in [-0.2, -0.15) is 0 Å². The van der Waals surface area contributed by atoms with Gasteiger partial charge in [0.25, 0.3) is 0 Å². The molecule has 6 nitrogen and oxygen atoms in total. The first-order valence-corrected chi connectivity index (χ1v) is 24.8. The van der Waals surface area contributed by atoms with Gasteiger partial charge in [0, 0.05) is 19.3 Å². The number of carbonyl (C=O) groups is 3. The Morgan fingerprint density at radius 3 is 1.05 bits per heavy atom. The van der Waals surface area contributed by atoms with Crippen molar-refractivity contribution in [1.29, 1.82) is 0 Å². The molecule has 0 aliphatic heterocycles. The van der Waals surface area contributed by atoms with Gasteiger partial charge in [0.1, 0.15) is 13.2 Å². The highest BCUT2D eigenvalue weighted by Crippen LogP contribution is 2.14. The lowest BCUT2D eigenvalue weighted by molar-refractivity contribution is -0.167. The smallest absolute Gasteiger partial charge is 0.306 e. The molecule has 0 amide bonds. The Labute approximate surface area is 364 Å². The van der Waals surface area contributed by atoms with E-state index in [0.717, 1.165) is 103 Å². The molecular formula is C53H92O6. The van der Waals surface area contributed by atoms with Gasteiger partial charge < -0.3 is 14.2 Å². The molecule has 1 atom stereocenters. The Morgan fingerprint density at radius 2 is 0.661 bits per heavy atom. The predicted molar refractivity (Wildman–Crippen MR) is 251 cm³/mol. The molecule has 0 N–H and O–H groups in total. The fourth-order valence-electron chi connectivity index (χ4n) is 6.74. The van der Waals surface area contributed by atoms with E-state index in [2.05, 4.69) is 81.5 Å². The lowest BCUT2D eigenvalue weighted by atomic mass is 10.1. The zero-order chi connectivity index (χ0) is 43.0. The van der Waals surface area contributed by atoms with E-state index in [1.54, 1.807) is 0 Å². The minimum absolute atomic E-state index is 0.0851. The topological polar surface area (TPSA) is 78.9 Å². The molecule has 0 saturated heterocycles. The molecule has 0 fully saturated rings. The van der Waals surface area contributed by atoms with E-state index in [1.165, 1.54) is 96.3 Å². The maximum absolute atomic E-state index is 12.7. The van der Waals surface area contributed by atoms with Crippen LogP contribution in [-0.4, -0.2) is 37.2 Å². The number of esters is 3. The number of allylic oxidation sites excluding steroid dienone is 10. The first-order chi connectivity index (χ1) is 29.0. The maximum Gasteiger partial charge on any atom is 0.306 e. The van der Waals surface area contributed by atoms with Gasteiger partial charge in [-0.25, -0.2) is 0 Å². The first-order valence-electron chi connectivity index (χ1n) is 24.8. The van der Waals surface area contributed by atoms with Crippen LogP contribution in [-0.2, 0) is 28.6 Å². The van der Waals surface area contributed by atoms with Gasteiger partial charge in [0.15, 0.2) is 6.10 Å². The molecular weight excluding hydrogens is 733 g/mol. The fourth-order valence-corrected chi connectivity index (χ4v) is 6.74. The van der Waals surface area contributed by atoms with Crippen molar-refractivity contribution >= 4 is 17.9 Å². The van der Waals surface area contributed by atoms with Crippen LogP contribution >= 0.6 is 0 Å². The van der Waals surface area contributed by atoms with Crippen LogP contribution in [0.25, 0.3) is 0 Å². The Bertz CT molecular complexity index is 1090. The highest BCUT2D eigenvalue weighted by atomic mass is 16.6. The Hall–Kier alpha value is -2.89. The van der Waals surface area contributed by atoms with Crippen molar-refractivity contribution in [2.45, 2.75) is 245 Å². The molecule has 0 aromatic rings. The molecule has 0 heterocycles. The van der Waals surface area contributed by atoms with E-state index in [-0.39, 0.29) is 31.1 Å². The highest BCUT2D eigenvalue weighted by Gasteiger charge is 2.19. The molecule has 0 aliphatic carbocycles. The van der Waals surface area contributed by atoms with Gasteiger partial charge >= 0.3 is 17.9 Å². The number of rotatable bonds is 44. The zero-order valence-electron chi connectivity index (χ0n) is 38.8. The summed E-state index contributed by atoms with van der Waals surface area (Å²) in [6.45, 7) is 6.45. The second-order valence-corrected chi connectivity index (χ2v) is 16.3. The normalized spacial score (nSPS) is 12.5. The highest BCUT2D eigenvalue weighted by molar-refractivity contribution is 5.71. The maximum atomic E-state index is 12.7. The van der Waals surface area contributed by atoms with Crippen LogP contribution in [0.15, 0.2) is 60.8 Å². The van der Waals surface area contributed by atoms with Crippen LogP contribution in [0.5, 0.6) is 0 Å². The fraction of sp³-hybridized carbons (Fsp3) is 0.755. The zero-order valence-corrected chi connectivity index (χ0v) is 38.8. The van der Waals surface area contributed by atoms with E-state index < -0.39 is 6.10 Å². The van der Waals surface area contributed by atoms with E-state index in [0.29, 0.717) is 19.3 Å². The van der Waals surface area contributed by atoms with Crippen LogP contribution in [0.1, 0.15) is 239 Å². The Balaban J connectivity index is 4.38. The van der Waals surface area contributed by atoms with Crippen LogP contribution in [0.3, 0.4) is 0 Å². The molecule has 0 radical (unpaired) electrons. The molecule has 0 aromatic carbocycles. The minimum atomic E-state index is -0.783. The second-order valence-electron chi connectivity index (χ2n) is 16.3. The molecule has 0 aliphatic rings. The molecule has 340 valence electrons. The van der Waals surface area contributed by atoms with Crippen molar-refractivity contribution < 1.29 is 28.6 Å². The average Bonchev–Trinajstić information content (AvgIpc) is 3.23. The standard InChI is InChI=1S/C53H92O6/c1-4-7-10-13-16-19-22-25-26-27-28-29-32-34-37-40-43-46-52(55)58-49-50(59-53(56)47-44-41-38-35-31-24-21-18-15-12-9-6-3)48-57-51(54)45-42-39-36-33-30-23-20-17-14-11-8-5-2/h7,10,16-21,25-26,50H,4-6,8-9,11-15,22-24,27-49H2,1-3H3/b10-7-,19-16-,20-17-,21-18-,26-25-. The van der Waals surface area contributed by atoms with Crippen molar-refractivity contribution in [3.8, 4) is 0 Å². The van der Waals surface area contributed by atoms with Gasteiger partial charge in [0.2, 0.25) is 0 Å². The predicted octanol–water partition coefficient (Wildman–Crippen LogP) is 16.1. The van der Waals surface area contributed by atoms with Crippen molar-refractivity contribution in [1.82, 2.24) is 0 Å². The number of hydrogen-bond acceptors (Lipinski definition) is 6. The summed E-state index contributed by atoms with van der Waals surface area (Å²) in [6.07, 6.45) is 57.7. The number of carbonyl (C=O) groups excluding carboxylic acids is 3. The molecule has 6 heteroatoms. The van der Waals surface area contributed by atoms with Crippen LogP contribution < -0.4 is 0 Å². The quantitative estimate of drug-likeness (QED) is 0.0263. The van der Waals surface area contributed by atoms with Gasteiger partial charge in [-0.3, -0.25) is 14.4 Å². The number of ether oxygens (including phenoxy) is 3. The van der Waals surface area contributed by atoms with E-state index >= 15 is 0 Å². The summed E-state index contributed by atoms with van der Waals surface area (Å²) in [4.78, 5) is 37.9. The van der Waals surface area contributed by atoms with Gasteiger partial charge in [-0.15, -0.1) is 0 Å². The average molecular weight is 825 g/mol. The summed E-state index contributed by atoms with van der Waals surface area (Å²) in [6, 6.07) is 0. The Morgan fingerprint density at radius 1 is 0.356 bits per heavy atom. The van der Waals surface area contributed by atoms with Crippen LogP contribution in [0, 0.1) is 0 Å². The number of hydrogen-bond donors (Lipinski definition) is 0. The summed E-state index contributed by atoms with van der Waals surface area (Å²) < 4.78 is 16.7. The third-order valence-corrected chi connectivity index (χ3v) is 10.5. The molecule has 0 bridgehead atoms. The van der Waals surface area contributed by atoms with E-state index in [9.17, 15) is 14.4 Å². The van der Waals surface area contributed by atoms with E-state index in [1.807, 2.05) is 0 Å². The van der Waals surface area contributed by atoms with Gasteiger partial charge in [-0.05, 0) is 103 Å². The minimum Gasteiger partial charge on any atom is -0.462 e. The number of unbranched alkanes of at least 4 members (excludes halogenated alkanes) is 23. The van der Waals surface area contributed by atoms with Crippen molar-refractivity contribution in [3.63, 3.8) is 0 Å². The molecule has 0 saturated carbocycles. The second kappa shape index (κ2) is 47.8. The summed E-state index contributed by atoms with van der Waals surface area (Å²) in [5.41, 5.74) is 0. The third kappa shape index (κ3) is 46.0. The summed E-state index contributed by atoms with van der Waals surface area (Å²) in [5, 5.41) is 0. The van der Waals surface area contributed by atoms with Crippen molar-refractivity contribution in [2.24, 2.45) is 0 Å². The Kier molecular flexibility index (Phi) is 45.4. The molecule has 1 unspecified atom stereocenters. The SMILES string of the molecule is CC/C=C\C/C=C\C/C=C\CCCCCCCCCC(=O)OCC(COC(=O)CCCCCCC/C=C\CCCCC)OC(=O)CCCCCCC/C=C\CCCCC. The summed E-state index contributed by atoms with van der Waals surface area (Å²) in [5.74, 6) is -0.912. The lowest BCUT2D eigenvalue weighted by Crippen LogP contribution is -2.30. The van der Waals surface area contributed by atoms with E-state index in [4.69, 9.17) is 14.2 Å². The van der Waals surface area contributed by atoms with Gasteiger partial charge in [-0.1, -0.05) is 178 Å². The van der Waals surface area contributed by atoms with Gasteiger partial charge in [0.05, 0.1) is 0 Å². The first kappa shape index (κ1) is 56.1. The largest absolute Gasteiger partial charge is 0.462 e. The summed E-state index contributed by atoms with van der Waals surface area (Å²) in [7, 11) is 0. The monoisotopic (exact) mass is 825 g/mol. The van der Waals surface area contributed by atoms with Crippen molar-refractivity contribution in [2.75, 3.05) is 13.2 Å². The third-order valence-electron chi connectivity index (χ3n) is 10.5. The molecule has 0 spiro atoms. The molecule has 0 rings (SSSR count). The lowest BCUT2D eigenvalue weighted by Gasteiger charge is -2.18. The molecule has 59 heavy (non-hydrogen) atoms. The molecule has 0 aromatic heterocycles. The van der Waals surface area contributed by atoms with Crippen molar-refractivity contribution in [3.05, 3.63) is 60.8 Å².